The van der Waals surface area contributed by atoms with Crippen LogP contribution in [0.15, 0.2) is 18.3 Å². The molecule has 0 atom stereocenters. The maximum absolute atomic E-state index is 4.13. The summed E-state index contributed by atoms with van der Waals surface area (Å²) in [5.41, 5.74) is 0. The molecule has 2 nitrogen and oxygen atoms in total. The van der Waals surface area contributed by atoms with Gasteiger partial charge in [0.2, 0.25) is 0 Å². The minimum atomic E-state index is 0.671. The second kappa shape index (κ2) is 2.91. The van der Waals surface area contributed by atoms with Gasteiger partial charge in [-0.15, -0.1) is 0 Å². The van der Waals surface area contributed by atoms with Crippen molar-refractivity contribution in [1.29, 1.82) is 0 Å². The van der Waals surface area contributed by atoms with Crippen molar-refractivity contribution >= 4 is 5.82 Å². The molecule has 1 heterocycles. The van der Waals surface area contributed by atoms with Crippen LogP contribution in [0.1, 0.15) is 19.3 Å². The van der Waals surface area contributed by atoms with Crippen LogP contribution in [-0.4, -0.2) is 11.0 Å². The first kappa shape index (κ1) is 6.65. The maximum Gasteiger partial charge on any atom is 0.126 e. The van der Waals surface area contributed by atoms with E-state index in [1.807, 2.05) is 12.1 Å². The molecule has 1 aliphatic carbocycles. The van der Waals surface area contributed by atoms with E-state index in [2.05, 4.69) is 16.4 Å². The zero-order valence-electron chi connectivity index (χ0n) is 6.38. The Morgan fingerprint density at radius 1 is 1.55 bits per heavy atom. The molecule has 1 radical (unpaired) electrons. The zero-order chi connectivity index (χ0) is 7.52. The Balaban J connectivity index is 1.95. The van der Waals surface area contributed by atoms with Crippen molar-refractivity contribution < 1.29 is 0 Å². The lowest BCUT2D eigenvalue weighted by Crippen LogP contribution is -2.27. The van der Waals surface area contributed by atoms with Gasteiger partial charge < -0.3 is 5.32 Å². The van der Waals surface area contributed by atoms with Crippen molar-refractivity contribution in [3.05, 3.63) is 24.4 Å². The summed E-state index contributed by atoms with van der Waals surface area (Å²) in [5.74, 6) is 0.980. The molecule has 0 amide bonds. The zero-order valence-corrected chi connectivity index (χ0v) is 6.38. The normalized spacial score (nSPS) is 17.5. The monoisotopic (exact) mass is 147 g/mol. The number of nitrogens with one attached hydrogen (secondary N) is 1. The predicted octanol–water partition coefficient (Wildman–Crippen LogP) is 1.85. The molecule has 0 spiro atoms. The number of nitrogens with zero attached hydrogens (tertiary/aromatic N) is 1. The Morgan fingerprint density at radius 2 is 2.45 bits per heavy atom. The van der Waals surface area contributed by atoms with E-state index in [-0.39, 0.29) is 0 Å². The van der Waals surface area contributed by atoms with Gasteiger partial charge in [-0.3, -0.25) is 0 Å². The van der Waals surface area contributed by atoms with E-state index in [1.54, 1.807) is 6.20 Å². The lowest BCUT2D eigenvalue weighted by atomic mass is 9.93. The molecule has 1 aromatic rings. The van der Waals surface area contributed by atoms with E-state index in [1.165, 1.54) is 19.3 Å². The molecule has 0 saturated heterocycles. The summed E-state index contributed by atoms with van der Waals surface area (Å²) in [4.78, 5) is 4.13. The summed E-state index contributed by atoms with van der Waals surface area (Å²) < 4.78 is 0. The van der Waals surface area contributed by atoms with E-state index in [9.17, 15) is 0 Å². The standard InChI is InChI=1S/C9H11N2/c1-2-7-10-9(6-1)11-8-4-3-5-8/h1,6-8H,3-5H2,(H,10,11). The van der Waals surface area contributed by atoms with E-state index >= 15 is 0 Å². The smallest absolute Gasteiger partial charge is 0.126 e. The minimum absolute atomic E-state index is 0.671. The van der Waals surface area contributed by atoms with Gasteiger partial charge in [0.15, 0.2) is 0 Å². The van der Waals surface area contributed by atoms with Gasteiger partial charge in [-0.2, -0.15) is 0 Å². The molecule has 1 fully saturated rings. The van der Waals surface area contributed by atoms with Crippen LogP contribution in [0.25, 0.3) is 0 Å². The molecule has 2 heteroatoms. The highest BCUT2D eigenvalue weighted by molar-refractivity contribution is 5.34. The summed E-state index contributed by atoms with van der Waals surface area (Å²) in [7, 11) is 0. The number of anilines is 1. The molecule has 0 aliphatic heterocycles. The molecular formula is C9H11N2. The Hall–Kier alpha value is -1.05. The van der Waals surface area contributed by atoms with Crippen molar-refractivity contribution in [3.63, 3.8) is 0 Å². The molecule has 2 rings (SSSR count). The van der Waals surface area contributed by atoms with Gasteiger partial charge in [0.1, 0.15) is 5.82 Å². The molecule has 0 unspecified atom stereocenters. The Bertz CT molecular complexity index is 216. The molecular weight excluding hydrogens is 136 g/mol. The van der Waals surface area contributed by atoms with E-state index < -0.39 is 0 Å². The molecule has 0 bridgehead atoms. The van der Waals surface area contributed by atoms with Crippen LogP contribution in [0, 0.1) is 6.07 Å². The van der Waals surface area contributed by atoms with Crippen LogP contribution >= 0.6 is 0 Å². The van der Waals surface area contributed by atoms with Crippen molar-refractivity contribution in [2.75, 3.05) is 5.32 Å². The van der Waals surface area contributed by atoms with Crippen LogP contribution in [0.4, 0.5) is 5.82 Å². The summed E-state index contributed by atoms with van der Waals surface area (Å²) in [5, 5.41) is 3.35. The molecule has 1 aliphatic rings. The van der Waals surface area contributed by atoms with Gasteiger partial charge in [-0.25, -0.2) is 4.98 Å². The quantitative estimate of drug-likeness (QED) is 0.690. The Morgan fingerprint density at radius 3 is 3.00 bits per heavy atom. The van der Waals surface area contributed by atoms with Crippen molar-refractivity contribution in [3.8, 4) is 0 Å². The Kier molecular flexibility index (Phi) is 1.76. The number of hydrogen-bond acceptors (Lipinski definition) is 2. The first-order valence-electron chi connectivity index (χ1n) is 4.04. The van der Waals surface area contributed by atoms with Crippen molar-refractivity contribution in [2.45, 2.75) is 25.3 Å². The van der Waals surface area contributed by atoms with Gasteiger partial charge in [0.05, 0.1) is 0 Å². The fourth-order valence-corrected chi connectivity index (χ4v) is 1.17. The largest absolute Gasteiger partial charge is 0.367 e. The highest BCUT2D eigenvalue weighted by atomic mass is 15.0. The average molecular weight is 147 g/mol. The first-order valence-corrected chi connectivity index (χ1v) is 4.04. The van der Waals surface area contributed by atoms with Gasteiger partial charge in [-0.05, 0) is 31.4 Å². The third-order valence-corrected chi connectivity index (χ3v) is 2.07. The topological polar surface area (TPSA) is 24.9 Å². The molecule has 1 aromatic heterocycles. The third kappa shape index (κ3) is 1.50. The summed E-state index contributed by atoms with van der Waals surface area (Å²) in [6.45, 7) is 0. The highest BCUT2D eigenvalue weighted by Crippen LogP contribution is 2.21. The maximum atomic E-state index is 4.13. The van der Waals surface area contributed by atoms with Crippen LogP contribution in [0.2, 0.25) is 0 Å². The molecule has 11 heavy (non-hydrogen) atoms. The van der Waals surface area contributed by atoms with E-state index in [0.717, 1.165) is 5.82 Å². The number of hydrogen-bond donors (Lipinski definition) is 1. The SMILES string of the molecule is [c]1ccc(NC2CCC2)nc1. The number of pyridine rings is 1. The lowest BCUT2D eigenvalue weighted by molar-refractivity contribution is 0.444. The molecule has 57 valence electrons. The van der Waals surface area contributed by atoms with E-state index in [0.29, 0.717) is 6.04 Å². The van der Waals surface area contributed by atoms with Gasteiger partial charge in [0, 0.05) is 18.3 Å². The second-order valence-electron chi connectivity index (χ2n) is 2.92. The van der Waals surface area contributed by atoms with Crippen LogP contribution < -0.4 is 5.32 Å². The van der Waals surface area contributed by atoms with Crippen LogP contribution in [0.3, 0.4) is 0 Å². The second-order valence-corrected chi connectivity index (χ2v) is 2.92. The summed E-state index contributed by atoms with van der Waals surface area (Å²) in [6.07, 6.45) is 5.64. The molecule has 1 N–H and O–H groups in total. The van der Waals surface area contributed by atoms with Gasteiger partial charge in [-0.1, -0.05) is 0 Å². The number of rotatable bonds is 2. The first-order chi connectivity index (χ1) is 5.45. The average Bonchev–Trinajstić information content (AvgIpc) is 1.99. The summed E-state index contributed by atoms with van der Waals surface area (Å²) >= 11 is 0. The summed E-state index contributed by atoms with van der Waals surface area (Å²) in [6, 6.07) is 7.40. The fraction of sp³-hybridized carbons (Fsp3) is 0.444. The molecule has 0 aromatic carbocycles. The third-order valence-electron chi connectivity index (χ3n) is 2.07. The molecule has 1 saturated carbocycles. The van der Waals surface area contributed by atoms with Crippen LogP contribution in [-0.2, 0) is 0 Å². The lowest BCUT2D eigenvalue weighted by Gasteiger charge is -2.26. The van der Waals surface area contributed by atoms with Crippen LogP contribution in [0.5, 0.6) is 0 Å². The van der Waals surface area contributed by atoms with E-state index in [4.69, 9.17) is 0 Å². The minimum Gasteiger partial charge on any atom is -0.367 e. The van der Waals surface area contributed by atoms with Gasteiger partial charge >= 0.3 is 0 Å². The van der Waals surface area contributed by atoms with Gasteiger partial charge in [0.25, 0.3) is 0 Å². The van der Waals surface area contributed by atoms with Crippen molar-refractivity contribution in [1.82, 2.24) is 4.98 Å². The fourth-order valence-electron chi connectivity index (χ4n) is 1.17. The predicted molar refractivity (Wildman–Crippen MR) is 44.3 cm³/mol. The van der Waals surface area contributed by atoms with Crippen molar-refractivity contribution in [2.24, 2.45) is 0 Å². The Labute approximate surface area is 66.7 Å². The highest BCUT2D eigenvalue weighted by Gasteiger charge is 2.16. The number of aromatic nitrogens is 1.